The Bertz CT molecular complexity index is 903. The Hall–Kier alpha value is -2.67. The maximum atomic E-state index is 13.4. The minimum atomic E-state index is -0.336. The fourth-order valence-electron chi connectivity index (χ4n) is 2.28. The van der Waals surface area contributed by atoms with E-state index in [1.165, 1.54) is 36.0 Å². The van der Waals surface area contributed by atoms with Gasteiger partial charge in [-0.25, -0.2) is 13.5 Å². The number of benzene rings is 2. The number of halogens is 2. The van der Waals surface area contributed by atoms with Crippen LogP contribution in [0.1, 0.15) is 5.56 Å². The van der Waals surface area contributed by atoms with E-state index in [2.05, 4.69) is 15.6 Å². The Balaban J connectivity index is 1.71. The molecule has 23 heavy (non-hydrogen) atoms. The van der Waals surface area contributed by atoms with E-state index in [4.69, 9.17) is 0 Å². The summed E-state index contributed by atoms with van der Waals surface area (Å²) < 4.78 is 28.2. The quantitative estimate of drug-likeness (QED) is 0.775. The first-order chi connectivity index (χ1) is 11.2. The molecule has 0 saturated carbocycles. The standard InChI is InChI=1S/C16H10F2N4S/c17-12-6-4-10(5-7-12)14-9-23-16-20-19-15(22(16)21-14)11-2-1-3-13(18)8-11/h1-9,21H. The lowest BCUT2D eigenvalue weighted by Crippen LogP contribution is -2.18. The second-order valence-electron chi connectivity index (χ2n) is 4.92. The number of rotatable bonds is 2. The van der Waals surface area contributed by atoms with E-state index in [1.54, 1.807) is 28.9 Å². The van der Waals surface area contributed by atoms with Gasteiger partial charge in [-0.2, -0.15) is 0 Å². The molecule has 0 spiro atoms. The number of thioether (sulfide) groups is 1. The molecule has 0 fully saturated rings. The smallest absolute Gasteiger partial charge is 0.214 e. The average Bonchev–Trinajstić information content (AvgIpc) is 2.98. The summed E-state index contributed by atoms with van der Waals surface area (Å²) in [6.07, 6.45) is 0. The Kier molecular flexibility index (Phi) is 3.34. The number of aromatic nitrogens is 3. The molecule has 4 rings (SSSR count). The highest BCUT2D eigenvalue weighted by Crippen LogP contribution is 2.31. The Morgan fingerprint density at radius 2 is 1.74 bits per heavy atom. The molecule has 1 N–H and O–H groups in total. The number of nitrogens with one attached hydrogen (secondary N) is 1. The molecule has 1 aliphatic heterocycles. The van der Waals surface area contributed by atoms with E-state index in [0.29, 0.717) is 16.5 Å². The second kappa shape index (κ2) is 5.51. The van der Waals surface area contributed by atoms with Crippen LogP contribution in [-0.4, -0.2) is 14.9 Å². The highest BCUT2D eigenvalue weighted by Gasteiger charge is 2.19. The predicted molar refractivity (Wildman–Crippen MR) is 85.0 cm³/mol. The van der Waals surface area contributed by atoms with Crippen molar-refractivity contribution in [1.82, 2.24) is 14.9 Å². The van der Waals surface area contributed by atoms with Crippen LogP contribution in [-0.2, 0) is 0 Å². The summed E-state index contributed by atoms with van der Waals surface area (Å²) in [7, 11) is 0. The van der Waals surface area contributed by atoms with Gasteiger partial charge in [0.25, 0.3) is 0 Å². The van der Waals surface area contributed by atoms with Crippen molar-refractivity contribution in [1.29, 1.82) is 0 Å². The Morgan fingerprint density at radius 1 is 0.913 bits per heavy atom. The van der Waals surface area contributed by atoms with Crippen LogP contribution in [0.3, 0.4) is 0 Å². The van der Waals surface area contributed by atoms with E-state index in [-0.39, 0.29) is 11.6 Å². The van der Waals surface area contributed by atoms with Gasteiger partial charge in [-0.05, 0) is 36.4 Å². The maximum absolute atomic E-state index is 13.4. The van der Waals surface area contributed by atoms with Crippen LogP contribution in [0.5, 0.6) is 0 Å². The molecule has 0 amide bonds. The zero-order valence-corrected chi connectivity index (χ0v) is 12.5. The van der Waals surface area contributed by atoms with Gasteiger partial charge in [0.05, 0.1) is 5.70 Å². The Morgan fingerprint density at radius 3 is 2.52 bits per heavy atom. The van der Waals surface area contributed by atoms with Crippen molar-refractivity contribution in [2.24, 2.45) is 0 Å². The van der Waals surface area contributed by atoms with Crippen molar-refractivity contribution in [3.63, 3.8) is 0 Å². The highest BCUT2D eigenvalue weighted by molar-refractivity contribution is 8.02. The van der Waals surface area contributed by atoms with Gasteiger partial charge in [0.2, 0.25) is 5.16 Å². The molecule has 114 valence electrons. The normalized spacial score (nSPS) is 13.2. The van der Waals surface area contributed by atoms with Crippen molar-refractivity contribution in [2.75, 3.05) is 5.43 Å². The fourth-order valence-corrected chi connectivity index (χ4v) is 3.02. The zero-order valence-electron chi connectivity index (χ0n) is 11.7. The van der Waals surface area contributed by atoms with Crippen molar-refractivity contribution in [3.8, 4) is 11.4 Å². The van der Waals surface area contributed by atoms with Crippen molar-refractivity contribution < 1.29 is 8.78 Å². The molecule has 2 heterocycles. The van der Waals surface area contributed by atoms with Crippen LogP contribution < -0.4 is 5.43 Å². The summed E-state index contributed by atoms with van der Waals surface area (Å²) >= 11 is 1.39. The van der Waals surface area contributed by atoms with Crippen LogP contribution in [0.4, 0.5) is 8.78 Å². The van der Waals surface area contributed by atoms with Gasteiger partial charge in [-0.15, -0.1) is 10.2 Å². The molecular weight excluding hydrogens is 318 g/mol. The average molecular weight is 328 g/mol. The molecule has 0 bridgehead atoms. The molecule has 0 unspecified atom stereocenters. The third-order valence-corrected chi connectivity index (χ3v) is 4.21. The van der Waals surface area contributed by atoms with E-state index in [9.17, 15) is 8.78 Å². The summed E-state index contributed by atoms with van der Waals surface area (Å²) in [5.74, 6) is -0.111. The molecule has 3 aromatic rings. The zero-order chi connectivity index (χ0) is 15.8. The van der Waals surface area contributed by atoms with Gasteiger partial charge in [-0.3, -0.25) is 5.43 Å². The summed E-state index contributed by atoms with van der Waals surface area (Å²) in [5.41, 5.74) is 5.44. The lowest BCUT2D eigenvalue weighted by Gasteiger charge is -2.19. The van der Waals surface area contributed by atoms with E-state index in [1.807, 2.05) is 5.41 Å². The van der Waals surface area contributed by atoms with Gasteiger partial charge < -0.3 is 0 Å². The number of hydrogen-bond acceptors (Lipinski definition) is 4. The first-order valence-corrected chi connectivity index (χ1v) is 7.70. The second-order valence-corrected chi connectivity index (χ2v) is 5.76. The van der Waals surface area contributed by atoms with Crippen LogP contribution in [0.2, 0.25) is 0 Å². The molecule has 1 aromatic heterocycles. The van der Waals surface area contributed by atoms with Gasteiger partial charge in [0.1, 0.15) is 11.6 Å². The molecule has 1 aliphatic rings. The minimum absolute atomic E-state index is 0.289. The summed E-state index contributed by atoms with van der Waals surface area (Å²) in [6.45, 7) is 0. The third kappa shape index (κ3) is 2.59. The van der Waals surface area contributed by atoms with Crippen LogP contribution in [0.15, 0.2) is 59.1 Å². The van der Waals surface area contributed by atoms with E-state index in [0.717, 1.165) is 11.3 Å². The number of hydrogen-bond donors (Lipinski definition) is 1. The van der Waals surface area contributed by atoms with E-state index >= 15 is 0 Å². The molecule has 0 radical (unpaired) electrons. The molecular formula is C16H10F2N4S. The topological polar surface area (TPSA) is 42.7 Å². The molecule has 0 aliphatic carbocycles. The van der Waals surface area contributed by atoms with Gasteiger partial charge in [0, 0.05) is 16.5 Å². The third-order valence-electron chi connectivity index (χ3n) is 3.39. The summed E-state index contributed by atoms with van der Waals surface area (Å²) in [6, 6.07) is 12.3. The maximum Gasteiger partial charge on any atom is 0.214 e. The molecule has 4 nitrogen and oxygen atoms in total. The minimum Gasteiger partial charge on any atom is -0.289 e. The summed E-state index contributed by atoms with van der Waals surface area (Å²) in [5, 5.41) is 10.7. The first-order valence-electron chi connectivity index (χ1n) is 6.82. The van der Waals surface area contributed by atoms with Gasteiger partial charge >= 0.3 is 0 Å². The SMILES string of the molecule is Fc1ccc(C2=CSc3nnc(-c4cccc(F)c4)n3N2)cc1. The predicted octanol–water partition coefficient (Wildman–Crippen LogP) is 3.87. The van der Waals surface area contributed by atoms with Crippen molar-refractivity contribution in [2.45, 2.75) is 5.16 Å². The van der Waals surface area contributed by atoms with Crippen LogP contribution in [0, 0.1) is 11.6 Å². The number of fused-ring (bicyclic) bond motifs is 1. The lowest BCUT2D eigenvalue weighted by molar-refractivity contribution is 0.627. The van der Waals surface area contributed by atoms with Crippen LogP contribution >= 0.6 is 11.8 Å². The largest absolute Gasteiger partial charge is 0.289 e. The molecule has 0 atom stereocenters. The Labute approximate surface area is 134 Å². The lowest BCUT2D eigenvalue weighted by atomic mass is 10.2. The fraction of sp³-hybridized carbons (Fsp3) is 0. The molecule has 0 saturated heterocycles. The van der Waals surface area contributed by atoms with E-state index < -0.39 is 0 Å². The highest BCUT2D eigenvalue weighted by atomic mass is 32.2. The monoisotopic (exact) mass is 328 g/mol. The van der Waals surface area contributed by atoms with Gasteiger partial charge in [-0.1, -0.05) is 23.9 Å². The molecule has 7 heteroatoms. The van der Waals surface area contributed by atoms with Gasteiger partial charge in [0.15, 0.2) is 5.82 Å². The molecule has 2 aromatic carbocycles. The summed E-state index contributed by atoms with van der Waals surface area (Å²) in [4.78, 5) is 0. The van der Waals surface area contributed by atoms with Crippen molar-refractivity contribution >= 4 is 17.5 Å². The first kappa shape index (κ1) is 14.0. The van der Waals surface area contributed by atoms with Crippen LogP contribution in [0.25, 0.3) is 17.1 Å². The number of nitrogens with zero attached hydrogens (tertiary/aromatic N) is 3. The van der Waals surface area contributed by atoms with Crippen molar-refractivity contribution in [3.05, 3.63) is 71.1 Å².